The molecule has 0 fully saturated rings. The standard InChI is InChI=1S/C27H13F18NO/c28-20(29,22(32,33)24(36,37)26(40,41)42)15-3-9-18(10-4-15)46(17-7-1-14(13-47)2-8-17)19-11-5-16(6-12-19)21(30,31)23(34,35)25(38,39)27(43,44)45/h1-13H. The third-order valence-corrected chi connectivity index (χ3v) is 6.55. The van der Waals surface area contributed by atoms with Gasteiger partial charge in [0.2, 0.25) is 0 Å². The number of carbonyl (C=O) groups is 1. The smallest absolute Gasteiger partial charge is 0.311 e. The summed E-state index contributed by atoms with van der Waals surface area (Å²) in [5.74, 6) is -40.8. The second-order valence-electron chi connectivity index (χ2n) is 9.58. The number of halogens is 18. The van der Waals surface area contributed by atoms with E-state index in [-0.39, 0.29) is 35.5 Å². The van der Waals surface area contributed by atoms with E-state index in [0.717, 1.165) is 29.2 Å². The van der Waals surface area contributed by atoms with Crippen LogP contribution in [0.1, 0.15) is 21.5 Å². The zero-order valence-corrected chi connectivity index (χ0v) is 22.2. The van der Waals surface area contributed by atoms with Crippen LogP contribution in [-0.4, -0.2) is 42.3 Å². The van der Waals surface area contributed by atoms with Crippen LogP contribution >= 0.6 is 0 Å². The molecule has 0 atom stereocenters. The van der Waals surface area contributed by atoms with Crippen molar-refractivity contribution in [2.75, 3.05) is 4.90 Å². The quantitative estimate of drug-likeness (QED) is 0.154. The molecule has 0 spiro atoms. The van der Waals surface area contributed by atoms with Gasteiger partial charge in [-0.2, -0.15) is 79.0 Å². The fourth-order valence-corrected chi connectivity index (χ4v) is 3.90. The van der Waals surface area contributed by atoms with Crippen LogP contribution in [0.2, 0.25) is 0 Å². The van der Waals surface area contributed by atoms with Gasteiger partial charge in [0.1, 0.15) is 6.29 Å². The zero-order chi connectivity index (χ0) is 36.2. The lowest BCUT2D eigenvalue weighted by molar-refractivity contribution is -0.399. The molecule has 0 radical (unpaired) electrons. The van der Waals surface area contributed by atoms with E-state index >= 15 is 0 Å². The normalized spacial score (nSPS) is 14.3. The van der Waals surface area contributed by atoms with Crippen LogP contribution in [0.25, 0.3) is 0 Å². The van der Waals surface area contributed by atoms with E-state index < -0.39 is 70.4 Å². The first-order valence-corrected chi connectivity index (χ1v) is 12.1. The highest BCUT2D eigenvalue weighted by Gasteiger charge is 2.83. The molecule has 3 rings (SSSR count). The van der Waals surface area contributed by atoms with Crippen LogP contribution in [0, 0.1) is 0 Å². The molecule has 0 N–H and O–H groups in total. The van der Waals surface area contributed by atoms with E-state index in [9.17, 15) is 83.8 Å². The number of aldehydes is 1. The van der Waals surface area contributed by atoms with Crippen molar-refractivity contribution in [2.24, 2.45) is 0 Å². The van der Waals surface area contributed by atoms with Crippen molar-refractivity contribution in [1.82, 2.24) is 0 Å². The van der Waals surface area contributed by atoms with E-state index in [1.54, 1.807) is 0 Å². The number of benzene rings is 3. The molecule has 0 aliphatic carbocycles. The maximum atomic E-state index is 14.4. The summed E-state index contributed by atoms with van der Waals surface area (Å²) in [4.78, 5) is 11.8. The third kappa shape index (κ3) is 5.94. The molecular weight excluding hydrogens is 696 g/mol. The van der Waals surface area contributed by atoms with Crippen molar-refractivity contribution in [3.8, 4) is 0 Å². The van der Waals surface area contributed by atoms with Gasteiger partial charge in [0.05, 0.1) is 0 Å². The molecule has 47 heavy (non-hydrogen) atoms. The van der Waals surface area contributed by atoms with Crippen molar-refractivity contribution < 1.29 is 83.8 Å². The number of alkyl halides is 18. The maximum absolute atomic E-state index is 14.4. The topological polar surface area (TPSA) is 20.3 Å². The minimum Gasteiger partial charge on any atom is -0.311 e. The first-order valence-electron chi connectivity index (χ1n) is 12.1. The zero-order valence-electron chi connectivity index (χ0n) is 22.2. The van der Waals surface area contributed by atoms with Crippen LogP contribution in [0.3, 0.4) is 0 Å². The van der Waals surface area contributed by atoms with Gasteiger partial charge in [0, 0.05) is 33.8 Å². The predicted molar refractivity (Wildman–Crippen MR) is 126 cm³/mol. The van der Waals surface area contributed by atoms with Gasteiger partial charge in [0.15, 0.2) is 0 Å². The highest BCUT2D eigenvalue weighted by Crippen LogP contribution is 2.58. The van der Waals surface area contributed by atoms with E-state index in [4.69, 9.17) is 0 Å². The molecule has 3 aromatic carbocycles. The molecule has 0 heterocycles. The van der Waals surface area contributed by atoms with Crippen LogP contribution in [0.5, 0.6) is 0 Å². The molecule has 0 unspecified atom stereocenters. The van der Waals surface area contributed by atoms with Gasteiger partial charge in [-0.15, -0.1) is 0 Å². The predicted octanol–water partition coefficient (Wildman–Crippen LogP) is 10.8. The average Bonchev–Trinajstić information content (AvgIpc) is 2.96. The van der Waals surface area contributed by atoms with Gasteiger partial charge >= 0.3 is 47.9 Å². The molecule has 0 bridgehead atoms. The Hall–Kier alpha value is -4.13. The number of carbonyl (C=O) groups excluding carboxylic acids is 1. The number of rotatable bonds is 10. The minimum absolute atomic E-state index is 0.0145. The molecule has 2 nitrogen and oxygen atoms in total. The van der Waals surface area contributed by atoms with Crippen LogP contribution < -0.4 is 4.90 Å². The number of anilines is 3. The Morgan fingerprint density at radius 2 is 0.638 bits per heavy atom. The number of hydrogen-bond donors (Lipinski definition) is 0. The van der Waals surface area contributed by atoms with Gasteiger partial charge in [-0.3, -0.25) is 4.79 Å². The van der Waals surface area contributed by atoms with E-state index in [0.29, 0.717) is 30.6 Å². The Morgan fingerprint density at radius 1 is 0.383 bits per heavy atom. The third-order valence-electron chi connectivity index (χ3n) is 6.55. The van der Waals surface area contributed by atoms with Crippen molar-refractivity contribution in [3.05, 3.63) is 89.5 Å². The van der Waals surface area contributed by atoms with Crippen LogP contribution in [0.4, 0.5) is 96.1 Å². The second kappa shape index (κ2) is 11.5. The minimum atomic E-state index is -7.22. The summed E-state index contributed by atoms with van der Waals surface area (Å²) < 4.78 is 241. The van der Waals surface area contributed by atoms with Gasteiger partial charge in [-0.1, -0.05) is 24.3 Å². The van der Waals surface area contributed by atoms with E-state index in [1.165, 1.54) is 0 Å². The summed E-state index contributed by atoms with van der Waals surface area (Å²) in [6.07, 6.45) is -13.9. The largest absolute Gasteiger partial charge is 0.460 e. The molecule has 20 heteroatoms. The number of nitrogens with zero attached hydrogens (tertiary/aromatic N) is 1. The maximum Gasteiger partial charge on any atom is 0.460 e. The summed E-state index contributed by atoms with van der Waals surface area (Å²) in [5, 5.41) is 0. The van der Waals surface area contributed by atoms with Crippen molar-refractivity contribution in [2.45, 2.75) is 47.9 Å². The summed E-state index contributed by atoms with van der Waals surface area (Å²) in [6.45, 7) is 0. The highest BCUT2D eigenvalue weighted by molar-refractivity contribution is 5.80. The molecule has 0 saturated heterocycles. The van der Waals surface area contributed by atoms with Gasteiger partial charge in [0.25, 0.3) is 0 Å². The van der Waals surface area contributed by atoms with Crippen molar-refractivity contribution in [1.29, 1.82) is 0 Å². The first kappa shape index (κ1) is 37.3. The fraction of sp³-hybridized carbons (Fsp3) is 0.296. The van der Waals surface area contributed by atoms with Gasteiger partial charge < -0.3 is 4.90 Å². The lowest BCUT2D eigenvalue weighted by atomic mass is 9.96. The van der Waals surface area contributed by atoms with Crippen LogP contribution in [0.15, 0.2) is 72.8 Å². The lowest BCUT2D eigenvalue weighted by Gasteiger charge is -2.34. The monoisotopic (exact) mass is 709 g/mol. The summed E-state index contributed by atoms with van der Waals surface area (Å²) in [7, 11) is 0. The number of hydrogen-bond acceptors (Lipinski definition) is 2. The first-order chi connectivity index (χ1) is 21.1. The SMILES string of the molecule is O=Cc1ccc(N(c2ccc(C(F)(F)C(F)(F)C(F)(F)C(F)(F)F)cc2)c2ccc(C(F)(F)C(F)(F)C(F)(F)C(F)(F)F)cc2)cc1. The Morgan fingerprint density at radius 3 is 0.872 bits per heavy atom. The fourth-order valence-electron chi connectivity index (χ4n) is 3.90. The molecule has 0 saturated carbocycles. The average molecular weight is 709 g/mol. The van der Waals surface area contributed by atoms with E-state index in [1.807, 2.05) is 0 Å². The summed E-state index contributed by atoms with van der Waals surface area (Å²) in [6, 6.07) is 5.91. The lowest BCUT2D eigenvalue weighted by Crippen LogP contribution is -2.59. The Balaban J connectivity index is 2.12. The van der Waals surface area contributed by atoms with Gasteiger partial charge in [-0.25, -0.2) is 0 Å². The Labute approximate surface area is 250 Å². The molecule has 0 aliphatic heterocycles. The molecule has 3 aromatic rings. The van der Waals surface area contributed by atoms with Gasteiger partial charge in [-0.05, 0) is 48.5 Å². The second-order valence-corrected chi connectivity index (χ2v) is 9.58. The molecule has 0 aromatic heterocycles. The van der Waals surface area contributed by atoms with Crippen molar-refractivity contribution in [3.63, 3.8) is 0 Å². The summed E-state index contributed by atoms with van der Waals surface area (Å²) in [5.41, 5.74) is -5.34. The van der Waals surface area contributed by atoms with Crippen LogP contribution in [-0.2, 0) is 11.8 Å². The molecule has 0 aliphatic rings. The summed E-state index contributed by atoms with van der Waals surface area (Å²) >= 11 is 0. The molecule has 0 amide bonds. The van der Waals surface area contributed by atoms with Crippen molar-refractivity contribution >= 4 is 23.3 Å². The Bertz CT molecular complexity index is 1460. The van der Waals surface area contributed by atoms with E-state index in [2.05, 4.69) is 0 Å². The highest BCUT2D eigenvalue weighted by atomic mass is 19.4. The Kier molecular flexibility index (Phi) is 9.16. The molecular formula is C27H13F18NO. The molecule has 258 valence electrons.